The summed E-state index contributed by atoms with van der Waals surface area (Å²) in [6, 6.07) is -0.700. The van der Waals surface area contributed by atoms with Crippen LogP contribution in [0.1, 0.15) is 20.8 Å². The first-order chi connectivity index (χ1) is 13.9. The highest BCUT2D eigenvalue weighted by molar-refractivity contribution is 5.76. The molecule has 0 saturated heterocycles. The Labute approximate surface area is 170 Å². The Hall–Kier alpha value is -2.94. The molecule has 1 aromatic rings. The van der Waals surface area contributed by atoms with Crippen molar-refractivity contribution >= 4 is 6.03 Å². The van der Waals surface area contributed by atoms with Gasteiger partial charge >= 0.3 is 11.7 Å². The number of allylic oxidation sites excluding steroid dienone is 4. The summed E-state index contributed by atoms with van der Waals surface area (Å²) >= 11 is 0. The van der Waals surface area contributed by atoms with Crippen molar-refractivity contribution in [1.29, 1.82) is 0 Å². The zero-order valence-electron chi connectivity index (χ0n) is 17.6. The number of hydrogen-bond acceptors (Lipinski definition) is 6. The molecule has 9 heteroatoms. The minimum Gasteiger partial charge on any atom is -0.497 e. The molecule has 2 rings (SSSR count). The van der Waals surface area contributed by atoms with Crippen LogP contribution < -0.4 is 5.69 Å². The van der Waals surface area contributed by atoms with Gasteiger partial charge in [-0.1, -0.05) is 37.3 Å². The van der Waals surface area contributed by atoms with E-state index in [1.807, 2.05) is 51.2 Å². The molecule has 0 spiro atoms. The Morgan fingerprint density at radius 2 is 2.10 bits per heavy atom. The highest BCUT2D eigenvalue weighted by Crippen LogP contribution is 2.22. The van der Waals surface area contributed by atoms with E-state index in [2.05, 4.69) is 10.4 Å². The second kappa shape index (κ2) is 10.6. The number of ether oxygens (including phenoxy) is 2. The van der Waals surface area contributed by atoms with Gasteiger partial charge in [-0.2, -0.15) is 4.68 Å². The number of hydrogen-bond donors (Lipinski definition) is 0. The van der Waals surface area contributed by atoms with Crippen LogP contribution in [0.25, 0.3) is 0 Å². The van der Waals surface area contributed by atoms with Gasteiger partial charge in [0.15, 0.2) is 0 Å². The third-order valence-corrected chi connectivity index (χ3v) is 4.71. The summed E-state index contributed by atoms with van der Waals surface area (Å²) in [5, 5.41) is 7.58. The van der Waals surface area contributed by atoms with E-state index in [4.69, 9.17) is 9.47 Å². The fraction of sp³-hybridized carbons (Fsp3) is 0.500. The number of methoxy groups -OCH3 is 2. The third-order valence-electron chi connectivity index (χ3n) is 4.71. The molecule has 29 heavy (non-hydrogen) atoms. The van der Waals surface area contributed by atoms with Gasteiger partial charge in [0.1, 0.15) is 5.76 Å². The molecule has 1 aliphatic carbocycles. The smallest absolute Gasteiger partial charge is 0.372 e. The van der Waals surface area contributed by atoms with Crippen molar-refractivity contribution in [2.75, 3.05) is 20.8 Å². The fourth-order valence-corrected chi connectivity index (χ4v) is 2.95. The van der Waals surface area contributed by atoms with Gasteiger partial charge in [0.25, 0.3) is 0 Å². The van der Waals surface area contributed by atoms with Crippen LogP contribution in [0.4, 0.5) is 4.79 Å². The van der Waals surface area contributed by atoms with Crippen molar-refractivity contribution in [3.63, 3.8) is 0 Å². The van der Waals surface area contributed by atoms with E-state index in [0.717, 1.165) is 15.1 Å². The minimum absolute atomic E-state index is 0.00642. The lowest BCUT2D eigenvalue weighted by molar-refractivity contribution is 0.156. The molecule has 0 bridgehead atoms. The maximum absolute atomic E-state index is 12.9. The van der Waals surface area contributed by atoms with E-state index in [1.54, 1.807) is 31.3 Å². The molecule has 0 radical (unpaired) electrons. The zero-order valence-corrected chi connectivity index (χ0v) is 17.6. The summed E-state index contributed by atoms with van der Waals surface area (Å²) < 4.78 is 12.3. The number of aromatic nitrogens is 4. The number of amides is 1. The van der Waals surface area contributed by atoms with Gasteiger partial charge in [-0.3, -0.25) is 0 Å². The molecule has 0 saturated carbocycles. The molecule has 1 heterocycles. The molecular formula is C20H29N5O4. The van der Waals surface area contributed by atoms with Crippen molar-refractivity contribution in [1.82, 2.24) is 24.7 Å². The average molecular weight is 403 g/mol. The van der Waals surface area contributed by atoms with Crippen LogP contribution in [0.15, 0.2) is 53.1 Å². The third kappa shape index (κ3) is 5.54. The molecule has 0 aromatic carbocycles. The Morgan fingerprint density at radius 1 is 1.34 bits per heavy atom. The Balaban J connectivity index is 2.10. The highest BCUT2D eigenvalue weighted by Gasteiger charge is 2.29. The van der Waals surface area contributed by atoms with Gasteiger partial charge in [0.05, 0.1) is 25.8 Å². The van der Waals surface area contributed by atoms with Crippen LogP contribution in [-0.4, -0.2) is 63.6 Å². The SMILES string of the molecule is CCN(C(=O)n1nnn(C/C=C\C=C/C(C)OC)c1=O)C1C=CC(OC)=CC1C. The van der Waals surface area contributed by atoms with Crippen LogP contribution in [-0.2, 0) is 16.0 Å². The van der Waals surface area contributed by atoms with Gasteiger partial charge in [-0.15, -0.1) is 4.68 Å². The topological polar surface area (TPSA) is 91.5 Å². The summed E-state index contributed by atoms with van der Waals surface area (Å²) in [6.07, 6.45) is 12.9. The molecule has 1 amide bonds. The van der Waals surface area contributed by atoms with E-state index in [-0.39, 0.29) is 24.6 Å². The number of nitrogens with zero attached hydrogens (tertiary/aromatic N) is 5. The van der Waals surface area contributed by atoms with E-state index >= 15 is 0 Å². The number of carbonyl (C=O) groups excluding carboxylic acids is 1. The zero-order chi connectivity index (χ0) is 21.4. The van der Waals surface area contributed by atoms with Gasteiger partial charge in [0.2, 0.25) is 0 Å². The largest absolute Gasteiger partial charge is 0.497 e. The quantitative estimate of drug-likeness (QED) is 0.487. The highest BCUT2D eigenvalue weighted by atomic mass is 16.5. The molecule has 158 valence electrons. The number of carbonyl (C=O) groups is 1. The fourth-order valence-electron chi connectivity index (χ4n) is 2.95. The second-order valence-electron chi connectivity index (χ2n) is 6.66. The second-order valence-corrected chi connectivity index (χ2v) is 6.66. The molecule has 3 unspecified atom stereocenters. The van der Waals surface area contributed by atoms with Crippen molar-refractivity contribution in [2.45, 2.75) is 39.5 Å². The molecule has 9 nitrogen and oxygen atoms in total. The molecule has 1 aromatic heterocycles. The number of rotatable bonds is 8. The van der Waals surface area contributed by atoms with Crippen molar-refractivity contribution in [3.8, 4) is 0 Å². The van der Waals surface area contributed by atoms with Gasteiger partial charge < -0.3 is 14.4 Å². The lowest BCUT2D eigenvalue weighted by Crippen LogP contribution is -2.48. The Kier molecular flexibility index (Phi) is 8.14. The molecule has 0 N–H and O–H groups in total. The Bertz CT molecular complexity index is 864. The summed E-state index contributed by atoms with van der Waals surface area (Å²) in [5.41, 5.74) is -0.576. The van der Waals surface area contributed by atoms with Crippen molar-refractivity contribution in [3.05, 3.63) is 58.8 Å². The van der Waals surface area contributed by atoms with Gasteiger partial charge in [-0.05, 0) is 36.4 Å². The minimum atomic E-state index is -0.576. The molecule has 0 aliphatic heterocycles. The van der Waals surface area contributed by atoms with Crippen LogP contribution in [0.5, 0.6) is 0 Å². The van der Waals surface area contributed by atoms with Crippen molar-refractivity contribution < 1.29 is 14.3 Å². The Morgan fingerprint density at radius 3 is 2.72 bits per heavy atom. The van der Waals surface area contributed by atoms with Crippen LogP contribution in [0.3, 0.4) is 0 Å². The first-order valence-electron chi connectivity index (χ1n) is 9.56. The monoisotopic (exact) mass is 403 g/mol. The van der Waals surface area contributed by atoms with E-state index in [9.17, 15) is 9.59 Å². The predicted molar refractivity (Wildman–Crippen MR) is 109 cm³/mol. The average Bonchev–Trinajstić information content (AvgIpc) is 3.09. The maximum Gasteiger partial charge on any atom is 0.372 e. The summed E-state index contributed by atoms with van der Waals surface area (Å²) in [6.45, 7) is 6.41. The first-order valence-corrected chi connectivity index (χ1v) is 9.56. The van der Waals surface area contributed by atoms with Gasteiger partial charge in [-0.25, -0.2) is 9.59 Å². The molecule has 0 fully saturated rings. The maximum atomic E-state index is 12.9. The lowest BCUT2D eigenvalue weighted by atomic mass is 9.95. The standard InChI is InChI=1S/C20H29N5O4/c1-6-23(18-12-11-17(29-5)14-15(18)2)19(26)25-20(27)24(21-22-25)13-9-7-8-10-16(3)28-4/h7-12,14-16,18H,6,13H2,1-5H3/b9-7-,10-8-. The van der Waals surface area contributed by atoms with Crippen LogP contribution in [0.2, 0.25) is 0 Å². The lowest BCUT2D eigenvalue weighted by Gasteiger charge is -2.32. The molecule has 1 aliphatic rings. The van der Waals surface area contributed by atoms with E-state index in [1.165, 1.54) is 0 Å². The number of likely N-dealkylation sites (N-methyl/N-ethyl adjacent to an activating group) is 1. The van der Waals surface area contributed by atoms with Crippen LogP contribution in [0, 0.1) is 5.92 Å². The summed E-state index contributed by atoms with van der Waals surface area (Å²) in [5.74, 6) is 0.787. The normalized spacial score (nSPS) is 20.2. The van der Waals surface area contributed by atoms with E-state index < -0.39 is 11.7 Å². The van der Waals surface area contributed by atoms with Crippen molar-refractivity contribution in [2.24, 2.45) is 5.92 Å². The summed E-state index contributed by atoms with van der Waals surface area (Å²) in [7, 11) is 3.23. The molecule has 3 atom stereocenters. The number of tetrazole rings is 1. The predicted octanol–water partition coefficient (Wildman–Crippen LogP) is 1.98. The van der Waals surface area contributed by atoms with E-state index in [0.29, 0.717) is 6.54 Å². The summed E-state index contributed by atoms with van der Waals surface area (Å²) in [4.78, 5) is 27.1. The first kappa shape index (κ1) is 22.4. The molecular weight excluding hydrogens is 374 g/mol. The van der Waals surface area contributed by atoms with Gasteiger partial charge in [0, 0.05) is 19.6 Å². The van der Waals surface area contributed by atoms with Crippen LogP contribution >= 0.6 is 0 Å².